The van der Waals surface area contributed by atoms with Crippen LogP contribution in [0, 0.1) is 0 Å². The summed E-state index contributed by atoms with van der Waals surface area (Å²) in [6.07, 6.45) is 20.0. The molecule has 0 bridgehead atoms. The van der Waals surface area contributed by atoms with Gasteiger partial charge in [-0.3, -0.25) is 0 Å². The first-order valence-corrected chi connectivity index (χ1v) is 8.84. The Hall–Kier alpha value is -0.340. The Bertz CT molecular complexity index is 204. The van der Waals surface area contributed by atoms with E-state index in [4.69, 9.17) is 5.73 Å². The average molecular weight is 283 g/mol. The zero-order valence-electron chi connectivity index (χ0n) is 13.7. The van der Waals surface area contributed by atoms with Crippen LogP contribution in [0.2, 0.25) is 0 Å². The number of allylic oxidation sites excluding steroid dienone is 1. The Balaban J connectivity index is 3.21. The fourth-order valence-electron chi connectivity index (χ4n) is 2.41. The van der Waals surface area contributed by atoms with E-state index in [1.165, 1.54) is 70.6 Å². The average Bonchev–Trinajstić information content (AvgIpc) is 2.45. The summed E-state index contributed by atoms with van der Waals surface area (Å²) in [6.45, 7) is 3.06. The molecule has 0 rings (SSSR count). The molecular formula is C18H37NO. The highest BCUT2D eigenvalue weighted by Crippen LogP contribution is 2.10. The fourth-order valence-corrected chi connectivity index (χ4v) is 2.41. The van der Waals surface area contributed by atoms with Gasteiger partial charge in [0.05, 0.1) is 6.10 Å². The van der Waals surface area contributed by atoms with Crippen molar-refractivity contribution in [1.82, 2.24) is 0 Å². The molecule has 0 heterocycles. The molecule has 0 aromatic rings. The maximum atomic E-state index is 9.81. The minimum absolute atomic E-state index is 0.126. The fraction of sp³-hybridized carbons (Fsp3) is 0.889. The molecule has 0 aliphatic rings. The first-order chi connectivity index (χ1) is 9.81. The Morgan fingerprint density at radius 1 is 0.850 bits per heavy atom. The molecule has 0 aromatic heterocycles. The van der Waals surface area contributed by atoms with Crippen LogP contribution < -0.4 is 5.73 Å². The van der Waals surface area contributed by atoms with Crippen LogP contribution in [0.4, 0.5) is 0 Å². The van der Waals surface area contributed by atoms with Gasteiger partial charge in [0.1, 0.15) is 0 Å². The summed E-state index contributed by atoms with van der Waals surface area (Å²) >= 11 is 0. The quantitative estimate of drug-likeness (QED) is 0.330. The smallest absolute Gasteiger partial charge is 0.0574 e. The van der Waals surface area contributed by atoms with Crippen molar-refractivity contribution in [1.29, 1.82) is 0 Å². The van der Waals surface area contributed by atoms with Crippen molar-refractivity contribution in [3.8, 4) is 0 Å². The SMILES string of the molecule is CCCCCCC(O)C/C=C\CCCCCCCCN. The molecule has 2 heteroatoms. The second-order valence-electron chi connectivity index (χ2n) is 5.91. The first-order valence-electron chi connectivity index (χ1n) is 8.84. The molecule has 0 radical (unpaired) electrons. The largest absolute Gasteiger partial charge is 0.393 e. The minimum Gasteiger partial charge on any atom is -0.393 e. The van der Waals surface area contributed by atoms with Gasteiger partial charge in [0.25, 0.3) is 0 Å². The molecule has 20 heavy (non-hydrogen) atoms. The molecule has 0 fully saturated rings. The van der Waals surface area contributed by atoms with Gasteiger partial charge < -0.3 is 10.8 Å². The van der Waals surface area contributed by atoms with Crippen molar-refractivity contribution in [2.75, 3.05) is 6.54 Å². The van der Waals surface area contributed by atoms with Crippen molar-refractivity contribution in [2.45, 2.75) is 96.5 Å². The zero-order chi connectivity index (χ0) is 14.9. The van der Waals surface area contributed by atoms with E-state index in [1.807, 2.05) is 0 Å². The second kappa shape index (κ2) is 16.7. The molecule has 1 atom stereocenters. The van der Waals surface area contributed by atoms with Crippen LogP contribution in [-0.2, 0) is 0 Å². The van der Waals surface area contributed by atoms with E-state index in [0.29, 0.717) is 0 Å². The molecule has 0 aliphatic carbocycles. The van der Waals surface area contributed by atoms with Gasteiger partial charge in [0, 0.05) is 0 Å². The Morgan fingerprint density at radius 2 is 1.50 bits per heavy atom. The number of unbranched alkanes of at least 4 members (excludes halogenated alkanes) is 9. The standard InChI is InChI=1S/C18H37NO/c1-2-3-4-12-15-18(20)16-13-10-8-6-5-7-9-11-14-17-19/h10,13,18,20H,2-9,11-12,14-17,19H2,1H3/b13-10-. The molecule has 0 saturated heterocycles. The highest BCUT2D eigenvalue weighted by atomic mass is 16.3. The number of hydrogen-bond acceptors (Lipinski definition) is 2. The first kappa shape index (κ1) is 19.7. The highest BCUT2D eigenvalue weighted by Gasteiger charge is 2.00. The summed E-state index contributed by atoms with van der Waals surface area (Å²) < 4.78 is 0. The maximum absolute atomic E-state index is 9.81. The number of nitrogens with two attached hydrogens (primary N) is 1. The molecule has 0 amide bonds. The van der Waals surface area contributed by atoms with Crippen LogP contribution in [0.3, 0.4) is 0 Å². The summed E-state index contributed by atoms with van der Waals surface area (Å²) in [6, 6.07) is 0. The molecular weight excluding hydrogens is 246 g/mol. The third-order valence-electron chi connectivity index (χ3n) is 3.79. The van der Waals surface area contributed by atoms with Crippen LogP contribution in [0.1, 0.15) is 90.4 Å². The maximum Gasteiger partial charge on any atom is 0.0574 e. The number of hydrogen-bond donors (Lipinski definition) is 2. The summed E-state index contributed by atoms with van der Waals surface area (Å²) in [5.41, 5.74) is 5.46. The van der Waals surface area contributed by atoms with E-state index in [9.17, 15) is 5.11 Å². The zero-order valence-corrected chi connectivity index (χ0v) is 13.7. The van der Waals surface area contributed by atoms with Crippen molar-refractivity contribution in [3.05, 3.63) is 12.2 Å². The lowest BCUT2D eigenvalue weighted by atomic mass is 10.1. The molecule has 0 aromatic carbocycles. The van der Waals surface area contributed by atoms with Crippen LogP contribution in [-0.4, -0.2) is 17.8 Å². The molecule has 2 nitrogen and oxygen atoms in total. The summed E-state index contributed by atoms with van der Waals surface area (Å²) in [7, 11) is 0. The van der Waals surface area contributed by atoms with Gasteiger partial charge in [-0.2, -0.15) is 0 Å². The summed E-state index contributed by atoms with van der Waals surface area (Å²) in [5.74, 6) is 0. The topological polar surface area (TPSA) is 46.2 Å². The van der Waals surface area contributed by atoms with E-state index in [-0.39, 0.29) is 6.10 Å². The van der Waals surface area contributed by atoms with Gasteiger partial charge in [-0.1, -0.05) is 70.4 Å². The Kier molecular flexibility index (Phi) is 16.4. The van der Waals surface area contributed by atoms with Crippen LogP contribution >= 0.6 is 0 Å². The van der Waals surface area contributed by atoms with Gasteiger partial charge in [0.2, 0.25) is 0 Å². The monoisotopic (exact) mass is 283 g/mol. The van der Waals surface area contributed by atoms with E-state index in [2.05, 4.69) is 19.1 Å². The van der Waals surface area contributed by atoms with Crippen LogP contribution in [0.5, 0.6) is 0 Å². The van der Waals surface area contributed by atoms with E-state index in [1.54, 1.807) is 0 Å². The van der Waals surface area contributed by atoms with Crippen molar-refractivity contribution in [2.24, 2.45) is 5.73 Å². The summed E-state index contributed by atoms with van der Waals surface area (Å²) in [5, 5.41) is 9.81. The minimum atomic E-state index is -0.126. The highest BCUT2D eigenvalue weighted by molar-refractivity contribution is 4.83. The van der Waals surface area contributed by atoms with Gasteiger partial charge in [-0.25, -0.2) is 0 Å². The van der Waals surface area contributed by atoms with Gasteiger partial charge >= 0.3 is 0 Å². The lowest BCUT2D eigenvalue weighted by molar-refractivity contribution is 0.163. The number of rotatable bonds is 15. The molecule has 0 saturated carbocycles. The van der Waals surface area contributed by atoms with E-state index in [0.717, 1.165) is 19.4 Å². The summed E-state index contributed by atoms with van der Waals surface area (Å²) in [4.78, 5) is 0. The molecule has 0 aliphatic heterocycles. The molecule has 3 N–H and O–H groups in total. The van der Waals surface area contributed by atoms with Crippen LogP contribution in [0.15, 0.2) is 12.2 Å². The van der Waals surface area contributed by atoms with Crippen molar-refractivity contribution in [3.63, 3.8) is 0 Å². The Labute approximate surface area is 126 Å². The Morgan fingerprint density at radius 3 is 2.20 bits per heavy atom. The number of aliphatic hydroxyl groups is 1. The van der Waals surface area contributed by atoms with Crippen molar-refractivity contribution >= 4 is 0 Å². The predicted molar refractivity (Wildman–Crippen MR) is 89.9 cm³/mol. The lowest BCUT2D eigenvalue weighted by Gasteiger charge is -2.07. The lowest BCUT2D eigenvalue weighted by Crippen LogP contribution is -2.04. The van der Waals surface area contributed by atoms with Crippen LogP contribution in [0.25, 0.3) is 0 Å². The van der Waals surface area contributed by atoms with Gasteiger partial charge in [-0.05, 0) is 38.6 Å². The third-order valence-corrected chi connectivity index (χ3v) is 3.79. The molecule has 120 valence electrons. The van der Waals surface area contributed by atoms with Gasteiger partial charge in [-0.15, -0.1) is 0 Å². The normalized spacial score (nSPS) is 13.2. The van der Waals surface area contributed by atoms with E-state index >= 15 is 0 Å². The predicted octanol–water partition coefficient (Wildman–Crippen LogP) is 4.95. The van der Waals surface area contributed by atoms with Crippen molar-refractivity contribution < 1.29 is 5.11 Å². The number of aliphatic hydroxyl groups excluding tert-OH is 1. The van der Waals surface area contributed by atoms with Gasteiger partial charge in [0.15, 0.2) is 0 Å². The van der Waals surface area contributed by atoms with E-state index < -0.39 is 0 Å². The second-order valence-corrected chi connectivity index (χ2v) is 5.91. The third kappa shape index (κ3) is 15.7. The molecule has 0 spiro atoms. The molecule has 1 unspecified atom stereocenters.